The summed E-state index contributed by atoms with van der Waals surface area (Å²) in [5.74, 6) is 0.837. The van der Waals surface area contributed by atoms with Crippen LogP contribution in [-0.2, 0) is 0 Å². The van der Waals surface area contributed by atoms with Crippen molar-refractivity contribution in [1.82, 2.24) is 0 Å². The van der Waals surface area contributed by atoms with Crippen molar-refractivity contribution < 1.29 is 9.84 Å². The number of ether oxygens (including phenoxy) is 1. The first-order chi connectivity index (χ1) is 6.81. The van der Waals surface area contributed by atoms with Gasteiger partial charge in [-0.1, -0.05) is 6.07 Å². The Morgan fingerprint density at radius 1 is 1.57 bits per heavy atom. The molecule has 4 heteroatoms. The van der Waals surface area contributed by atoms with Crippen molar-refractivity contribution >= 4 is 5.69 Å². The number of fused-ring (bicyclic) bond motifs is 1. The average Bonchev–Trinajstić information content (AvgIpc) is 2.27. The number of benzene rings is 1. The van der Waals surface area contributed by atoms with Crippen LogP contribution < -0.4 is 15.8 Å². The molecule has 4 nitrogen and oxygen atoms in total. The third-order valence-corrected chi connectivity index (χ3v) is 2.29. The highest BCUT2D eigenvalue weighted by molar-refractivity contribution is 5.59. The Morgan fingerprint density at radius 2 is 2.43 bits per heavy atom. The van der Waals surface area contributed by atoms with Crippen LogP contribution in [0.15, 0.2) is 18.2 Å². The van der Waals surface area contributed by atoms with Crippen LogP contribution in [0, 0.1) is 0 Å². The summed E-state index contributed by atoms with van der Waals surface area (Å²) in [4.78, 5) is 0. The van der Waals surface area contributed by atoms with Crippen molar-refractivity contribution in [3.63, 3.8) is 0 Å². The standard InChI is InChI=1S/C10H14N2O2/c11-6-9(13)7-1-2-10-8(5-7)12-3-4-14-10/h1-2,5,9,12-13H,3-4,6,11H2. The molecule has 1 unspecified atom stereocenters. The number of aliphatic hydroxyl groups excluding tert-OH is 1. The van der Waals surface area contributed by atoms with Crippen LogP contribution in [0.3, 0.4) is 0 Å². The molecule has 0 aliphatic carbocycles. The van der Waals surface area contributed by atoms with Gasteiger partial charge in [-0.15, -0.1) is 0 Å². The van der Waals surface area contributed by atoms with Crippen LogP contribution in [0.2, 0.25) is 0 Å². The molecule has 2 rings (SSSR count). The van der Waals surface area contributed by atoms with Gasteiger partial charge >= 0.3 is 0 Å². The first kappa shape index (κ1) is 9.30. The Morgan fingerprint density at radius 3 is 3.21 bits per heavy atom. The Balaban J connectivity index is 2.29. The Bertz CT molecular complexity index is 328. The molecule has 0 saturated carbocycles. The Hall–Kier alpha value is -1.26. The zero-order chi connectivity index (χ0) is 9.97. The number of aliphatic hydroxyl groups is 1. The van der Waals surface area contributed by atoms with Gasteiger partial charge in [0.25, 0.3) is 0 Å². The average molecular weight is 194 g/mol. The van der Waals surface area contributed by atoms with E-state index in [1.54, 1.807) is 0 Å². The molecule has 1 aliphatic rings. The number of hydrogen-bond donors (Lipinski definition) is 3. The Kier molecular flexibility index (Phi) is 2.56. The van der Waals surface area contributed by atoms with Gasteiger partial charge in [0.2, 0.25) is 0 Å². The monoisotopic (exact) mass is 194 g/mol. The lowest BCUT2D eigenvalue weighted by Crippen LogP contribution is -2.19. The van der Waals surface area contributed by atoms with Crippen molar-refractivity contribution in [2.24, 2.45) is 5.73 Å². The van der Waals surface area contributed by atoms with Gasteiger partial charge in [-0.2, -0.15) is 0 Å². The molecule has 1 heterocycles. The van der Waals surface area contributed by atoms with E-state index >= 15 is 0 Å². The fraction of sp³-hybridized carbons (Fsp3) is 0.400. The summed E-state index contributed by atoms with van der Waals surface area (Å²) in [7, 11) is 0. The van der Waals surface area contributed by atoms with E-state index in [1.807, 2.05) is 18.2 Å². The fourth-order valence-electron chi connectivity index (χ4n) is 1.50. The van der Waals surface area contributed by atoms with Crippen LogP contribution in [0.5, 0.6) is 5.75 Å². The minimum atomic E-state index is -0.593. The number of nitrogens with two attached hydrogens (primary N) is 1. The third-order valence-electron chi connectivity index (χ3n) is 2.29. The largest absolute Gasteiger partial charge is 0.490 e. The fourth-order valence-corrected chi connectivity index (χ4v) is 1.50. The van der Waals surface area contributed by atoms with Crippen molar-refractivity contribution in [2.45, 2.75) is 6.10 Å². The van der Waals surface area contributed by atoms with E-state index in [2.05, 4.69) is 5.32 Å². The summed E-state index contributed by atoms with van der Waals surface area (Å²) < 4.78 is 5.42. The van der Waals surface area contributed by atoms with Gasteiger partial charge in [0.15, 0.2) is 0 Å². The third kappa shape index (κ3) is 1.66. The zero-order valence-electron chi connectivity index (χ0n) is 7.86. The number of hydrogen-bond acceptors (Lipinski definition) is 4. The van der Waals surface area contributed by atoms with Crippen LogP contribution in [-0.4, -0.2) is 24.8 Å². The summed E-state index contributed by atoms with van der Waals surface area (Å²) in [6.45, 7) is 1.72. The molecule has 0 bridgehead atoms. The summed E-state index contributed by atoms with van der Waals surface area (Å²) in [6, 6.07) is 5.57. The molecule has 14 heavy (non-hydrogen) atoms. The highest BCUT2D eigenvalue weighted by Crippen LogP contribution is 2.29. The molecule has 0 fully saturated rings. The van der Waals surface area contributed by atoms with Gasteiger partial charge in [-0.05, 0) is 17.7 Å². The molecule has 1 aromatic rings. The van der Waals surface area contributed by atoms with Crippen molar-refractivity contribution in [3.8, 4) is 5.75 Å². The van der Waals surface area contributed by atoms with Gasteiger partial charge < -0.3 is 20.9 Å². The molecule has 0 radical (unpaired) electrons. The van der Waals surface area contributed by atoms with Crippen LogP contribution in [0.4, 0.5) is 5.69 Å². The molecule has 0 aromatic heterocycles. The van der Waals surface area contributed by atoms with Crippen molar-refractivity contribution in [2.75, 3.05) is 25.0 Å². The first-order valence-corrected chi connectivity index (χ1v) is 4.70. The van der Waals surface area contributed by atoms with Gasteiger partial charge in [0.1, 0.15) is 12.4 Å². The second kappa shape index (κ2) is 3.86. The molecule has 1 atom stereocenters. The minimum absolute atomic E-state index is 0.236. The van der Waals surface area contributed by atoms with E-state index in [0.717, 1.165) is 23.5 Å². The number of nitrogens with one attached hydrogen (secondary N) is 1. The molecule has 4 N–H and O–H groups in total. The maximum Gasteiger partial charge on any atom is 0.142 e. The van der Waals surface area contributed by atoms with E-state index in [4.69, 9.17) is 10.5 Å². The van der Waals surface area contributed by atoms with Crippen molar-refractivity contribution in [3.05, 3.63) is 23.8 Å². The zero-order valence-corrected chi connectivity index (χ0v) is 7.86. The quantitative estimate of drug-likeness (QED) is 0.640. The number of rotatable bonds is 2. The van der Waals surface area contributed by atoms with Gasteiger partial charge in [-0.25, -0.2) is 0 Å². The lowest BCUT2D eigenvalue weighted by molar-refractivity contribution is 0.186. The SMILES string of the molecule is NCC(O)c1ccc2c(c1)NCCO2. The lowest BCUT2D eigenvalue weighted by atomic mass is 10.1. The van der Waals surface area contributed by atoms with Gasteiger partial charge in [-0.3, -0.25) is 0 Å². The molecule has 76 valence electrons. The highest BCUT2D eigenvalue weighted by atomic mass is 16.5. The molecular weight excluding hydrogens is 180 g/mol. The summed E-state index contributed by atoms with van der Waals surface area (Å²) in [5.41, 5.74) is 7.13. The minimum Gasteiger partial charge on any atom is -0.490 e. The van der Waals surface area contributed by atoms with Gasteiger partial charge in [0.05, 0.1) is 11.8 Å². The van der Waals surface area contributed by atoms with Gasteiger partial charge in [0, 0.05) is 13.1 Å². The topological polar surface area (TPSA) is 67.5 Å². The van der Waals surface area contributed by atoms with Crippen LogP contribution in [0.25, 0.3) is 0 Å². The Labute approximate surface area is 82.7 Å². The summed E-state index contributed by atoms with van der Waals surface area (Å²) >= 11 is 0. The lowest BCUT2D eigenvalue weighted by Gasteiger charge is -2.20. The smallest absolute Gasteiger partial charge is 0.142 e. The normalized spacial score (nSPS) is 16.4. The van der Waals surface area contributed by atoms with E-state index in [0.29, 0.717) is 6.61 Å². The van der Waals surface area contributed by atoms with E-state index < -0.39 is 6.10 Å². The maximum atomic E-state index is 9.54. The second-order valence-corrected chi connectivity index (χ2v) is 3.28. The number of anilines is 1. The van der Waals surface area contributed by atoms with Crippen LogP contribution in [0.1, 0.15) is 11.7 Å². The maximum absolute atomic E-state index is 9.54. The van der Waals surface area contributed by atoms with E-state index in [1.165, 1.54) is 0 Å². The second-order valence-electron chi connectivity index (χ2n) is 3.28. The van der Waals surface area contributed by atoms with Crippen LogP contribution >= 0.6 is 0 Å². The molecule has 1 aromatic carbocycles. The molecule has 0 spiro atoms. The molecule has 0 saturated heterocycles. The van der Waals surface area contributed by atoms with E-state index in [9.17, 15) is 5.11 Å². The molecule has 1 aliphatic heterocycles. The van der Waals surface area contributed by atoms with E-state index in [-0.39, 0.29) is 6.54 Å². The predicted octanol–water partition coefficient (Wildman–Crippen LogP) is 0.483. The predicted molar refractivity (Wildman–Crippen MR) is 54.4 cm³/mol. The molecular formula is C10H14N2O2. The highest BCUT2D eigenvalue weighted by Gasteiger charge is 2.12. The summed E-state index contributed by atoms with van der Waals surface area (Å²) in [6.07, 6.45) is -0.593. The summed E-state index contributed by atoms with van der Waals surface area (Å²) in [5, 5.41) is 12.7. The molecule has 0 amide bonds. The van der Waals surface area contributed by atoms with Crippen molar-refractivity contribution in [1.29, 1.82) is 0 Å². The first-order valence-electron chi connectivity index (χ1n) is 4.70.